The first-order chi connectivity index (χ1) is 25.5. The monoisotopic (exact) mass is 795 g/mol. The van der Waals surface area contributed by atoms with Crippen molar-refractivity contribution in [1.29, 1.82) is 0 Å². The van der Waals surface area contributed by atoms with Gasteiger partial charge in [-0.2, -0.15) is 13.2 Å². The zero-order valence-electron chi connectivity index (χ0n) is 27.6. The minimum atomic E-state index is -4.65. The van der Waals surface area contributed by atoms with E-state index < -0.39 is 34.7 Å². The standard InChI is InChI=1S/C41H29BrF3N3O4S/c42-29-17-15-26(16-18-29)36-24-21-31(52-36)25-35(48-38(49)28-11-5-2-6-12-28)39(50)46-30-19-22-32(23-20-30)53-37(27-9-3-1-4-10-27)40(51)47-34-14-8-7-13-33(34)41(43,44)45/h1-25,37H,(H,46,50)(H,47,51)(H,48,49)/b35-25-. The van der Waals surface area contributed by atoms with Crippen molar-refractivity contribution in [2.45, 2.75) is 16.3 Å². The van der Waals surface area contributed by atoms with Gasteiger partial charge in [0.15, 0.2) is 0 Å². The fraction of sp³-hybridized carbons (Fsp3) is 0.0488. The fourth-order valence-corrected chi connectivity index (χ4v) is 6.46. The van der Waals surface area contributed by atoms with Crippen molar-refractivity contribution in [3.05, 3.63) is 178 Å². The van der Waals surface area contributed by atoms with Gasteiger partial charge in [0.1, 0.15) is 22.5 Å². The van der Waals surface area contributed by atoms with Gasteiger partial charge in [-0.1, -0.05) is 88.7 Å². The maximum Gasteiger partial charge on any atom is 0.418 e. The molecular formula is C41H29BrF3N3O4S. The molecule has 1 unspecified atom stereocenters. The van der Waals surface area contributed by atoms with Crippen LogP contribution in [0.1, 0.15) is 32.5 Å². The Labute approximate surface area is 315 Å². The van der Waals surface area contributed by atoms with Crippen LogP contribution < -0.4 is 16.0 Å². The van der Waals surface area contributed by atoms with Crippen molar-refractivity contribution >= 4 is 62.9 Å². The van der Waals surface area contributed by atoms with E-state index in [0.717, 1.165) is 27.9 Å². The van der Waals surface area contributed by atoms with Crippen molar-refractivity contribution in [1.82, 2.24) is 5.32 Å². The molecule has 0 aliphatic rings. The Kier molecular flexibility index (Phi) is 11.6. The zero-order valence-corrected chi connectivity index (χ0v) is 30.0. The minimum absolute atomic E-state index is 0.0750. The van der Waals surface area contributed by atoms with E-state index in [4.69, 9.17) is 4.42 Å². The molecule has 266 valence electrons. The summed E-state index contributed by atoms with van der Waals surface area (Å²) in [5.41, 5.74) is 0.775. The number of nitrogens with one attached hydrogen (secondary N) is 3. The van der Waals surface area contributed by atoms with Crippen LogP contribution in [0.5, 0.6) is 0 Å². The van der Waals surface area contributed by atoms with Crippen molar-refractivity contribution in [2.24, 2.45) is 0 Å². The van der Waals surface area contributed by atoms with Crippen molar-refractivity contribution < 1.29 is 32.0 Å². The Morgan fingerprint density at radius 3 is 2.04 bits per heavy atom. The van der Waals surface area contributed by atoms with Crippen LogP contribution in [0, 0.1) is 0 Å². The SMILES string of the molecule is O=C(Nc1ccc(SC(C(=O)Nc2ccccc2C(F)(F)F)c2ccccc2)cc1)/C(=C/c1ccc(-c2ccc(Br)cc2)o1)NC(=O)c1ccccc1. The third-order valence-electron chi connectivity index (χ3n) is 7.77. The summed E-state index contributed by atoms with van der Waals surface area (Å²) in [6, 6.07) is 39.5. The molecule has 1 aromatic heterocycles. The molecule has 3 N–H and O–H groups in total. The number of furan rings is 1. The van der Waals surface area contributed by atoms with Crippen molar-refractivity contribution in [3.63, 3.8) is 0 Å². The zero-order chi connectivity index (χ0) is 37.4. The third kappa shape index (κ3) is 9.73. The molecule has 53 heavy (non-hydrogen) atoms. The summed E-state index contributed by atoms with van der Waals surface area (Å²) in [4.78, 5) is 40.9. The second-order valence-corrected chi connectivity index (χ2v) is 13.6. The van der Waals surface area contributed by atoms with Crippen molar-refractivity contribution in [3.8, 4) is 11.3 Å². The first-order valence-corrected chi connectivity index (χ1v) is 17.7. The molecule has 5 aromatic carbocycles. The molecule has 0 saturated heterocycles. The van der Waals surface area contributed by atoms with Gasteiger partial charge in [-0.15, -0.1) is 11.8 Å². The topological polar surface area (TPSA) is 100 Å². The second-order valence-electron chi connectivity index (χ2n) is 11.5. The van der Waals surface area contributed by atoms with Crippen LogP contribution in [-0.4, -0.2) is 17.7 Å². The van der Waals surface area contributed by atoms with Gasteiger partial charge >= 0.3 is 6.18 Å². The fourth-order valence-electron chi connectivity index (χ4n) is 5.17. The Morgan fingerprint density at radius 2 is 1.36 bits per heavy atom. The normalized spacial score (nSPS) is 12.1. The first kappa shape index (κ1) is 36.9. The number of hydrogen-bond acceptors (Lipinski definition) is 5. The highest BCUT2D eigenvalue weighted by atomic mass is 79.9. The number of carbonyl (C=O) groups excluding carboxylic acids is 3. The Hall–Kier alpha value is -5.85. The van der Waals surface area contributed by atoms with Crippen LogP contribution in [0.25, 0.3) is 17.4 Å². The summed E-state index contributed by atoms with van der Waals surface area (Å²) < 4.78 is 47.9. The number of thioether (sulfide) groups is 1. The maximum atomic E-state index is 13.7. The quantitative estimate of drug-likeness (QED) is 0.0896. The van der Waals surface area contributed by atoms with Crippen LogP contribution in [-0.2, 0) is 15.8 Å². The highest BCUT2D eigenvalue weighted by Crippen LogP contribution is 2.39. The number of benzene rings is 5. The number of carbonyl (C=O) groups is 3. The number of hydrogen-bond donors (Lipinski definition) is 3. The summed E-state index contributed by atoms with van der Waals surface area (Å²) in [6.07, 6.45) is -3.22. The molecule has 0 spiro atoms. The minimum Gasteiger partial charge on any atom is -0.457 e. The maximum absolute atomic E-state index is 13.7. The molecule has 0 bridgehead atoms. The Bertz CT molecular complexity index is 2240. The summed E-state index contributed by atoms with van der Waals surface area (Å²) >= 11 is 4.55. The average molecular weight is 797 g/mol. The Balaban J connectivity index is 1.21. The van der Waals surface area contributed by atoms with E-state index in [1.807, 2.05) is 24.3 Å². The molecule has 0 fully saturated rings. The van der Waals surface area contributed by atoms with Crippen LogP contribution >= 0.6 is 27.7 Å². The van der Waals surface area contributed by atoms with E-state index >= 15 is 0 Å². The molecule has 12 heteroatoms. The first-order valence-electron chi connectivity index (χ1n) is 16.1. The molecule has 3 amide bonds. The van der Waals surface area contributed by atoms with Crippen LogP contribution in [0.2, 0.25) is 0 Å². The van der Waals surface area contributed by atoms with Gasteiger partial charge in [-0.05, 0) is 78.4 Å². The van der Waals surface area contributed by atoms with E-state index in [9.17, 15) is 27.6 Å². The number of para-hydroxylation sites is 1. The highest BCUT2D eigenvalue weighted by Gasteiger charge is 2.34. The second kappa shape index (κ2) is 16.7. The molecule has 0 saturated carbocycles. The molecule has 0 aliphatic heterocycles. The van der Waals surface area contributed by atoms with Gasteiger partial charge in [0.2, 0.25) is 5.91 Å². The lowest BCUT2D eigenvalue weighted by Crippen LogP contribution is -2.30. The van der Waals surface area contributed by atoms with Crippen LogP contribution in [0.3, 0.4) is 0 Å². The molecular weight excluding hydrogens is 767 g/mol. The molecule has 1 heterocycles. The summed E-state index contributed by atoms with van der Waals surface area (Å²) in [5, 5.41) is 7.03. The molecule has 6 aromatic rings. The predicted molar refractivity (Wildman–Crippen MR) is 204 cm³/mol. The van der Waals surface area contributed by atoms with Gasteiger partial charge in [0.25, 0.3) is 11.8 Å². The van der Waals surface area contributed by atoms with Crippen molar-refractivity contribution in [2.75, 3.05) is 10.6 Å². The number of anilines is 2. The largest absolute Gasteiger partial charge is 0.457 e. The van der Waals surface area contributed by atoms with E-state index in [1.165, 1.54) is 24.3 Å². The number of halogens is 4. The smallest absolute Gasteiger partial charge is 0.418 e. The summed E-state index contributed by atoms with van der Waals surface area (Å²) in [5.74, 6) is -0.864. The Morgan fingerprint density at radius 1 is 0.717 bits per heavy atom. The number of alkyl halides is 3. The molecule has 6 rings (SSSR count). The summed E-state index contributed by atoms with van der Waals surface area (Å²) in [7, 11) is 0. The molecule has 0 radical (unpaired) electrons. The lowest BCUT2D eigenvalue weighted by molar-refractivity contribution is -0.137. The van der Waals surface area contributed by atoms with Gasteiger partial charge in [0, 0.05) is 32.3 Å². The van der Waals surface area contributed by atoms with E-state index in [2.05, 4.69) is 31.9 Å². The predicted octanol–water partition coefficient (Wildman–Crippen LogP) is 10.6. The lowest BCUT2D eigenvalue weighted by atomic mass is 10.1. The van der Waals surface area contributed by atoms with Gasteiger partial charge < -0.3 is 20.4 Å². The number of amides is 3. The molecule has 1 atom stereocenters. The van der Waals surface area contributed by atoms with Crippen LogP contribution in [0.15, 0.2) is 165 Å². The van der Waals surface area contributed by atoms with Gasteiger partial charge in [-0.3, -0.25) is 14.4 Å². The van der Waals surface area contributed by atoms with E-state index in [1.54, 1.807) is 97.1 Å². The molecule has 0 aliphatic carbocycles. The average Bonchev–Trinajstić information content (AvgIpc) is 3.63. The highest BCUT2D eigenvalue weighted by molar-refractivity contribution is 9.10. The summed E-state index contributed by atoms with van der Waals surface area (Å²) in [6.45, 7) is 0. The van der Waals surface area contributed by atoms with Gasteiger partial charge in [-0.25, -0.2) is 0 Å². The van der Waals surface area contributed by atoms with Crippen LogP contribution in [0.4, 0.5) is 24.5 Å². The van der Waals surface area contributed by atoms with E-state index in [-0.39, 0.29) is 11.4 Å². The number of rotatable bonds is 11. The van der Waals surface area contributed by atoms with E-state index in [0.29, 0.717) is 33.2 Å². The third-order valence-corrected chi connectivity index (χ3v) is 9.56. The molecule has 7 nitrogen and oxygen atoms in total. The van der Waals surface area contributed by atoms with Gasteiger partial charge in [0.05, 0.1) is 11.3 Å². The lowest BCUT2D eigenvalue weighted by Gasteiger charge is -2.19.